The van der Waals surface area contributed by atoms with Crippen LogP contribution in [-0.2, 0) is 0 Å². The van der Waals surface area contributed by atoms with Crippen LogP contribution >= 0.6 is 0 Å². The van der Waals surface area contributed by atoms with Gasteiger partial charge < -0.3 is 10.6 Å². The molecule has 0 amide bonds. The highest BCUT2D eigenvalue weighted by atomic mass is 15.1. The lowest BCUT2D eigenvalue weighted by atomic mass is 9.94. The van der Waals surface area contributed by atoms with Gasteiger partial charge in [0.2, 0.25) is 0 Å². The van der Waals surface area contributed by atoms with Crippen LogP contribution in [0, 0.1) is 0 Å². The van der Waals surface area contributed by atoms with E-state index >= 15 is 0 Å². The van der Waals surface area contributed by atoms with Gasteiger partial charge in [-0.25, -0.2) is 0 Å². The van der Waals surface area contributed by atoms with Crippen molar-refractivity contribution < 1.29 is 0 Å². The van der Waals surface area contributed by atoms with Crippen LogP contribution in [0.4, 0.5) is 0 Å². The molecule has 0 aromatic rings. The Kier molecular flexibility index (Phi) is 5.49. The highest BCUT2D eigenvalue weighted by Gasteiger charge is 2.17. The summed E-state index contributed by atoms with van der Waals surface area (Å²) in [4.78, 5) is 2.54. The quantitative estimate of drug-likeness (QED) is 0.735. The Hall–Kier alpha value is -0.0800. The fourth-order valence-corrected chi connectivity index (χ4v) is 2.37. The van der Waals surface area contributed by atoms with Crippen LogP contribution in [0.15, 0.2) is 0 Å². The molecule has 0 bridgehead atoms. The molecule has 1 fully saturated rings. The Morgan fingerprint density at radius 2 is 1.93 bits per heavy atom. The standard InChI is InChI=1S/C12H26N2/c1-11(13)7-6-10-14(2)12-8-4-3-5-9-12/h11-12H,3-10,13H2,1-2H3. The maximum atomic E-state index is 5.74. The first-order chi connectivity index (χ1) is 6.70. The van der Waals surface area contributed by atoms with E-state index in [1.165, 1.54) is 45.1 Å². The summed E-state index contributed by atoms with van der Waals surface area (Å²) < 4.78 is 0. The van der Waals surface area contributed by atoms with E-state index in [9.17, 15) is 0 Å². The lowest BCUT2D eigenvalue weighted by Gasteiger charge is -2.31. The van der Waals surface area contributed by atoms with Gasteiger partial charge in [-0.2, -0.15) is 0 Å². The maximum absolute atomic E-state index is 5.74. The summed E-state index contributed by atoms with van der Waals surface area (Å²) in [6.07, 6.45) is 9.56. The van der Waals surface area contributed by atoms with E-state index < -0.39 is 0 Å². The summed E-state index contributed by atoms with van der Waals surface area (Å²) in [7, 11) is 2.27. The number of hydrogen-bond acceptors (Lipinski definition) is 2. The van der Waals surface area contributed by atoms with Crippen molar-refractivity contribution in [3.8, 4) is 0 Å². The predicted octanol–water partition coefficient (Wildman–Crippen LogP) is 2.38. The Morgan fingerprint density at radius 3 is 2.50 bits per heavy atom. The third kappa shape index (κ3) is 4.43. The van der Waals surface area contributed by atoms with Crippen LogP contribution in [-0.4, -0.2) is 30.6 Å². The summed E-state index contributed by atoms with van der Waals surface area (Å²) >= 11 is 0. The van der Waals surface area contributed by atoms with E-state index in [-0.39, 0.29) is 0 Å². The Morgan fingerprint density at radius 1 is 1.29 bits per heavy atom. The van der Waals surface area contributed by atoms with Crippen molar-refractivity contribution in [1.29, 1.82) is 0 Å². The molecule has 0 aromatic carbocycles. The second-order valence-electron chi connectivity index (χ2n) is 4.89. The van der Waals surface area contributed by atoms with Crippen molar-refractivity contribution >= 4 is 0 Å². The molecule has 1 aliphatic carbocycles. The minimum absolute atomic E-state index is 0.370. The molecule has 2 nitrogen and oxygen atoms in total. The van der Waals surface area contributed by atoms with Crippen LogP contribution in [0.3, 0.4) is 0 Å². The van der Waals surface area contributed by atoms with E-state index in [4.69, 9.17) is 5.73 Å². The predicted molar refractivity (Wildman–Crippen MR) is 62.4 cm³/mol. The fraction of sp³-hybridized carbons (Fsp3) is 1.00. The van der Waals surface area contributed by atoms with Crippen molar-refractivity contribution in [1.82, 2.24) is 4.90 Å². The molecule has 14 heavy (non-hydrogen) atoms. The SMILES string of the molecule is CC(N)CCCN(C)C1CCCCC1. The number of rotatable bonds is 5. The van der Waals surface area contributed by atoms with E-state index in [0.717, 1.165) is 12.5 Å². The van der Waals surface area contributed by atoms with Crippen LogP contribution in [0.2, 0.25) is 0 Å². The minimum Gasteiger partial charge on any atom is -0.328 e. The molecule has 0 radical (unpaired) electrons. The highest BCUT2D eigenvalue weighted by molar-refractivity contribution is 4.73. The summed E-state index contributed by atoms with van der Waals surface area (Å²) in [5, 5.41) is 0. The van der Waals surface area contributed by atoms with Gasteiger partial charge in [0.25, 0.3) is 0 Å². The average Bonchev–Trinajstić information content (AvgIpc) is 2.18. The van der Waals surface area contributed by atoms with Gasteiger partial charge >= 0.3 is 0 Å². The molecule has 0 saturated heterocycles. The molecule has 1 atom stereocenters. The topological polar surface area (TPSA) is 29.3 Å². The van der Waals surface area contributed by atoms with Gasteiger partial charge in [-0.15, -0.1) is 0 Å². The first kappa shape index (κ1) is 12.0. The van der Waals surface area contributed by atoms with Gasteiger partial charge in [-0.1, -0.05) is 19.3 Å². The summed E-state index contributed by atoms with van der Waals surface area (Å²) in [6, 6.07) is 1.23. The lowest BCUT2D eigenvalue weighted by Crippen LogP contribution is -2.34. The third-order valence-corrected chi connectivity index (χ3v) is 3.37. The van der Waals surface area contributed by atoms with E-state index in [0.29, 0.717) is 6.04 Å². The first-order valence-corrected chi connectivity index (χ1v) is 6.16. The van der Waals surface area contributed by atoms with Crippen molar-refractivity contribution in [2.24, 2.45) is 5.73 Å². The van der Waals surface area contributed by atoms with Gasteiger partial charge in [0.1, 0.15) is 0 Å². The molecule has 2 heteroatoms. The van der Waals surface area contributed by atoms with Crippen molar-refractivity contribution in [2.75, 3.05) is 13.6 Å². The van der Waals surface area contributed by atoms with Crippen molar-refractivity contribution in [2.45, 2.75) is 64.0 Å². The molecule has 0 aromatic heterocycles. The second-order valence-corrected chi connectivity index (χ2v) is 4.89. The van der Waals surface area contributed by atoms with Gasteiger partial charge in [0.05, 0.1) is 0 Å². The average molecular weight is 198 g/mol. The molecule has 0 heterocycles. The molecule has 1 unspecified atom stereocenters. The largest absolute Gasteiger partial charge is 0.328 e. The molecule has 1 aliphatic rings. The normalized spacial score (nSPS) is 21.4. The smallest absolute Gasteiger partial charge is 0.00922 e. The molecule has 1 rings (SSSR count). The molecule has 1 saturated carbocycles. The van der Waals surface area contributed by atoms with Crippen LogP contribution in [0.5, 0.6) is 0 Å². The molecular formula is C12H26N2. The Labute approximate surface area is 88.8 Å². The highest BCUT2D eigenvalue weighted by Crippen LogP contribution is 2.21. The summed E-state index contributed by atoms with van der Waals surface area (Å²) in [5.41, 5.74) is 5.74. The second kappa shape index (κ2) is 6.41. The van der Waals surface area contributed by atoms with Crippen LogP contribution in [0.25, 0.3) is 0 Å². The monoisotopic (exact) mass is 198 g/mol. The van der Waals surface area contributed by atoms with E-state index in [2.05, 4.69) is 18.9 Å². The number of nitrogens with zero attached hydrogens (tertiary/aromatic N) is 1. The Bertz CT molecular complexity index is 139. The fourth-order valence-electron chi connectivity index (χ4n) is 2.37. The van der Waals surface area contributed by atoms with Crippen molar-refractivity contribution in [3.63, 3.8) is 0 Å². The zero-order chi connectivity index (χ0) is 10.4. The zero-order valence-corrected chi connectivity index (χ0v) is 9.84. The Balaban J connectivity index is 2.10. The number of hydrogen-bond donors (Lipinski definition) is 1. The minimum atomic E-state index is 0.370. The molecule has 84 valence electrons. The third-order valence-electron chi connectivity index (χ3n) is 3.37. The van der Waals surface area contributed by atoms with E-state index in [1.54, 1.807) is 0 Å². The molecule has 2 N–H and O–H groups in total. The zero-order valence-electron chi connectivity index (χ0n) is 9.84. The van der Waals surface area contributed by atoms with Gasteiger partial charge in [0, 0.05) is 12.1 Å². The van der Waals surface area contributed by atoms with Gasteiger partial charge in [-0.3, -0.25) is 0 Å². The van der Waals surface area contributed by atoms with E-state index in [1.807, 2.05) is 0 Å². The molecular weight excluding hydrogens is 172 g/mol. The molecule has 0 aliphatic heterocycles. The number of nitrogens with two attached hydrogens (primary N) is 1. The van der Waals surface area contributed by atoms with Crippen LogP contribution < -0.4 is 5.73 Å². The lowest BCUT2D eigenvalue weighted by molar-refractivity contribution is 0.188. The van der Waals surface area contributed by atoms with Gasteiger partial charge in [0.15, 0.2) is 0 Å². The van der Waals surface area contributed by atoms with Gasteiger partial charge in [-0.05, 0) is 46.2 Å². The van der Waals surface area contributed by atoms with Crippen molar-refractivity contribution in [3.05, 3.63) is 0 Å². The summed E-state index contributed by atoms with van der Waals surface area (Å²) in [6.45, 7) is 3.33. The first-order valence-electron chi connectivity index (χ1n) is 6.16. The molecule has 0 spiro atoms. The maximum Gasteiger partial charge on any atom is 0.00922 e. The van der Waals surface area contributed by atoms with Crippen LogP contribution in [0.1, 0.15) is 51.9 Å². The summed E-state index contributed by atoms with van der Waals surface area (Å²) in [5.74, 6) is 0.